The number of Topliss-reactive ketones (excluding diaryl/α,β-unsaturated/α-hetero) is 1. The van der Waals surface area contributed by atoms with E-state index >= 15 is 0 Å². The maximum atomic E-state index is 11.9. The van der Waals surface area contributed by atoms with Gasteiger partial charge >= 0.3 is 0 Å². The zero-order chi connectivity index (χ0) is 13.7. The van der Waals surface area contributed by atoms with Crippen molar-refractivity contribution in [2.75, 3.05) is 5.75 Å². The van der Waals surface area contributed by atoms with Crippen LogP contribution in [0.25, 0.3) is 0 Å². The third-order valence-corrected chi connectivity index (χ3v) is 4.08. The molecular formula is C14H11BrClNOS. The van der Waals surface area contributed by atoms with Gasteiger partial charge < -0.3 is 0 Å². The molecule has 1 heterocycles. The van der Waals surface area contributed by atoms with Crippen LogP contribution in [0.4, 0.5) is 0 Å². The number of benzene rings is 1. The van der Waals surface area contributed by atoms with Gasteiger partial charge in [0.15, 0.2) is 0 Å². The van der Waals surface area contributed by atoms with Crippen LogP contribution in [-0.4, -0.2) is 16.5 Å². The lowest BCUT2D eigenvalue weighted by molar-refractivity contribution is -0.116. The van der Waals surface area contributed by atoms with Crippen molar-refractivity contribution in [1.82, 2.24) is 4.98 Å². The van der Waals surface area contributed by atoms with Crippen LogP contribution in [0, 0.1) is 0 Å². The first kappa shape index (κ1) is 14.6. The number of nitrogens with zero attached hydrogens (tertiary/aromatic N) is 1. The number of pyridine rings is 1. The summed E-state index contributed by atoms with van der Waals surface area (Å²) in [4.78, 5) is 16.9. The van der Waals surface area contributed by atoms with Gasteiger partial charge in [-0.05, 0) is 45.8 Å². The molecule has 98 valence electrons. The zero-order valence-electron chi connectivity index (χ0n) is 9.98. The van der Waals surface area contributed by atoms with Crippen LogP contribution >= 0.6 is 39.3 Å². The second kappa shape index (κ2) is 7.08. The molecule has 5 heteroatoms. The molecule has 2 aromatic rings. The van der Waals surface area contributed by atoms with Gasteiger partial charge in [-0.2, -0.15) is 0 Å². The fourth-order valence-electron chi connectivity index (χ4n) is 1.55. The Balaban J connectivity index is 1.88. The second-order valence-corrected chi connectivity index (χ2v) is 6.37. The van der Waals surface area contributed by atoms with Crippen LogP contribution in [0.5, 0.6) is 0 Å². The Hall–Kier alpha value is -0.840. The minimum atomic E-state index is 0.171. The maximum Gasteiger partial charge on any atom is 0.147 e. The fourth-order valence-corrected chi connectivity index (χ4v) is 3.03. The van der Waals surface area contributed by atoms with Gasteiger partial charge in [0.2, 0.25) is 0 Å². The van der Waals surface area contributed by atoms with E-state index in [4.69, 9.17) is 11.6 Å². The molecular weight excluding hydrogens is 346 g/mol. The van der Waals surface area contributed by atoms with Gasteiger partial charge in [0.05, 0.1) is 5.75 Å². The zero-order valence-corrected chi connectivity index (χ0v) is 13.1. The number of carbonyl (C=O) groups is 1. The number of carbonyl (C=O) groups excluding carboxylic acids is 1. The van der Waals surface area contributed by atoms with Crippen molar-refractivity contribution in [3.05, 3.63) is 57.8 Å². The monoisotopic (exact) mass is 355 g/mol. The summed E-state index contributed by atoms with van der Waals surface area (Å²) in [6, 6.07) is 9.42. The number of aromatic nitrogens is 1. The van der Waals surface area contributed by atoms with Gasteiger partial charge in [0, 0.05) is 33.2 Å². The van der Waals surface area contributed by atoms with E-state index < -0.39 is 0 Å². The van der Waals surface area contributed by atoms with Gasteiger partial charge in [0.25, 0.3) is 0 Å². The predicted molar refractivity (Wildman–Crippen MR) is 82.8 cm³/mol. The Bertz CT molecular complexity index is 591. The van der Waals surface area contributed by atoms with Crippen LogP contribution in [0.3, 0.4) is 0 Å². The number of halogens is 2. The van der Waals surface area contributed by atoms with Crippen molar-refractivity contribution < 1.29 is 4.79 Å². The van der Waals surface area contributed by atoms with Crippen LogP contribution in [0.15, 0.2) is 52.1 Å². The Kier molecular flexibility index (Phi) is 5.43. The van der Waals surface area contributed by atoms with E-state index in [1.165, 1.54) is 11.8 Å². The van der Waals surface area contributed by atoms with Crippen molar-refractivity contribution in [2.24, 2.45) is 0 Å². The third kappa shape index (κ3) is 4.97. The van der Waals surface area contributed by atoms with Gasteiger partial charge in [-0.25, -0.2) is 0 Å². The first-order valence-electron chi connectivity index (χ1n) is 5.63. The molecule has 0 aliphatic heterocycles. The molecule has 0 saturated carbocycles. The van der Waals surface area contributed by atoms with Crippen LogP contribution < -0.4 is 0 Å². The minimum Gasteiger partial charge on any atom is -0.298 e. The Morgan fingerprint density at radius 2 is 2.16 bits per heavy atom. The van der Waals surface area contributed by atoms with E-state index in [2.05, 4.69) is 20.9 Å². The average Bonchev–Trinajstić information content (AvgIpc) is 2.36. The number of rotatable bonds is 5. The molecule has 0 unspecified atom stereocenters. The number of ketones is 1. The summed E-state index contributed by atoms with van der Waals surface area (Å²) in [5.74, 6) is 0.609. The van der Waals surface area contributed by atoms with E-state index in [1.54, 1.807) is 12.4 Å². The molecule has 0 radical (unpaired) electrons. The summed E-state index contributed by atoms with van der Waals surface area (Å²) in [7, 11) is 0. The maximum absolute atomic E-state index is 11.9. The molecule has 1 aromatic heterocycles. The molecule has 0 spiro atoms. The Morgan fingerprint density at radius 1 is 1.32 bits per heavy atom. The molecule has 2 rings (SSSR count). The second-order valence-electron chi connectivity index (χ2n) is 3.97. The van der Waals surface area contributed by atoms with Gasteiger partial charge in [-0.3, -0.25) is 9.78 Å². The highest BCUT2D eigenvalue weighted by Gasteiger charge is 2.06. The van der Waals surface area contributed by atoms with Gasteiger partial charge in [-0.1, -0.05) is 17.7 Å². The Labute approximate surface area is 129 Å². The van der Waals surface area contributed by atoms with E-state index in [-0.39, 0.29) is 5.78 Å². The highest BCUT2D eigenvalue weighted by atomic mass is 79.9. The molecule has 0 aliphatic carbocycles. The highest BCUT2D eigenvalue weighted by molar-refractivity contribution is 9.10. The molecule has 2 nitrogen and oxygen atoms in total. The topological polar surface area (TPSA) is 30.0 Å². The lowest BCUT2D eigenvalue weighted by atomic mass is 10.2. The molecule has 19 heavy (non-hydrogen) atoms. The normalized spacial score (nSPS) is 10.4. The Morgan fingerprint density at radius 3 is 2.89 bits per heavy atom. The smallest absolute Gasteiger partial charge is 0.147 e. The molecule has 0 saturated heterocycles. The largest absolute Gasteiger partial charge is 0.298 e. The fraction of sp³-hybridized carbons (Fsp3) is 0.143. The summed E-state index contributed by atoms with van der Waals surface area (Å²) in [6.07, 6.45) is 3.82. The first-order valence-corrected chi connectivity index (χ1v) is 7.78. The molecule has 0 bridgehead atoms. The quantitative estimate of drug-likeness (QED) is 0.744. The standard InChI is InChI=1S/C14H11BrClNOS/c15-11-4-10(7-17-8-11)5-13(18)9-19-14-3-1-2-12(16)6-14/h1-4,6-8H,5,9H2. The molecule has 0 N–H and O–H groups in total. The molecule has 0 aliphatic rings. The van der Waals surface area contributed by atoms with Gasteiger partial charge in [0.1, 0.15) is 5.78 Å². The summed E-state index contributed by atoms with van der Waals surface area (Å²) < 4.78 is 0.889. The predicted octanol–water partition coefficient (Wildman–Crippen LogP) is 4.40. The molecule has 0 atom stereocenters. The average molecular weight is 357 g/mol. The lowest BCUT2D eigenvalue weighted by Gasteiger charge is -2.03. The first-order chi connectivity index (χ1) is 9.13. The van der Waals surface area contributed by atoms with Crippen LogP contribution in [0.2, 0.25) is 5.02 Å². The summed E-state index contributed by atoms with van der Waals surface area (Å²) in [5, 5.41) is 0.689. The van der Waals surface area contributed by atoms with Crippen LogP contribution in [0.1, 0.15) is 5.56 Å². The van der Waals surface area contributed by atoms with Crippen molar-refractivity contribution in [3.63, 3.8) is 0 Å². The summed E-state index contributed by atoms with van der Waals surface area (Å²) in [5.41, 5.74) is 0.922. The van der Waals surface area contributed by atoms with Crippen LogP contribution in [-0.2, 0) is 11.2 Å². The lowest BCUT2D eigenvalue weighted by Crippen LogP contribution is -2.05. The number of hydrogen-bond acceptors (Lipinski definition) is 3. The molecule has 0 amide bonds. The summed E-state index contributed by atoms with van der Waals surface area (Å²) >= 11 is 10.7. The number of hydrogen-bond donors (Lipinski definition) is 0. The van der Waals surface area contributed by atoms with E-state index in [0.29, 0.717) is 17.2 Å². The number of thioether (sulfide) groups is 1. The molecule has 0 fully saturated rings. The van der Waals surface area contributed by atoms with E-state index in [0.717, 1.165) is 14.9 Å². The van der Waals surface area contributed by atoms with Crippen molar-refractivity contribution in [1.29, 1.82) is 0 Å². The SMILES string of the molecule is O=C(CSc1cccc(Cl)c1)Cc1cncc(Br)c1. The third-order valence-electron chi connectivity index (χ3n) is 2.36. The van der Waals surface area contributed by atoms with E-state index in [9.17, 15) is 4.79 Å². The minimum absolute atomic E-state index is 0.171. The highest BCUT2D eigenvalue weighted by Crippen LogP contribution is 2.22. The van der Waals surface area contributed by atoms with Gasteiger partial charge in [-0.15, -0.1) is 11.8 Å². The summed E-state index contributed by atoms with van der Waals surface area (Å²) in [6.45, 7) is 0. The molecule has 1 aromatic carbocycles. The van der Waals surface area contributed by atoms with Crippen molar-refractivity contribution in [2.45, 2.75) is 11.3 Å². The van der Waals surface area contributed by atoms with E-state index in [1.807, 2.05) is 30.3 Å². The van der Waals surface area contributed by atoms with Crippen molar-refractivity contribution in [3.8, 4) is 0 Å². The van der Waals surface area contributed by atoms with Crippen molar-refractivity contribution >= 4 is 45.1 Å².